The molecule has 0 radical (unpaired) electrons. The van der Waals surface area contributed by atoms with Gasteiger partial charge in [0.1, 0.15) is 11.5 Å². The van der Waals surface area contributed by atoms with Gasteiger partial charge in [0, 0.05) is 24.6 Å². The minimum Gasteiger partial charge on any atom is -0.497 e. The third kappa shape index (κ3) is 5.31. The molecular formula is C14H19NO6. The number of aliphatic carboxylic acids is 1. The molecule has 0 spiro atoms. The van der Waals surface area contributed by atoms with Crippen molar-refractivity contribution >= 4 is 11.9 Å². The van der Waals surface area contributed by atoms with Gasteiger partial charge in [0.2, 0.25) is 5.91 Å². The lowest BCUT2D eigenvalue weighted by atomic mass is 10.1. The molecule has 1 aromatic carbocycles. The van der Waals surface area contributed by atoms with E-state index in [0.29, 0.717) is 17.1 Å². The zero-order valence-corrected chi connectivity index (χ0v) is 12.0. The van der Waals surface area contributed by atoms with Crippen LogP contribution in [0.1, 0.15) is 12.0 Å². The highest BCUT2D eigenvalue weighted by Gasteiger charge is 2.14. The monoisotopic (exact) mass is 297 g/mol. The van der Waals surface area contributed by atoms with E-state index in [4.69, 9.17) is 19.7 Å². The fourth-order valence-electron chi connectivity index (χ4n) is 1.71. The maximum absolute atomic E-state index is 11.8. The Morgan fingerprint density at radius 1 is 1.29 bits per heavy atom. The van der Waals surface area contributed by atoms with Crippen LogP contribution < -0.4 is 14.8 Å². The predicted molar refractivity (Wildman–Crippen MR) is 74.5 cm³/mol. The molecule has 1 amide bonds. The van der Waals surface area contributed by atoms with E-state index in [2.05, 4.69) is 5.32 Å². The number of aliphatic hydroxyl groups excluding tert-OH is 1. The molecule has 0 saturated carbocycles. The van der Waals surface area contributed by atoms with Gasteiger partial charge in [-0.2, -0.15) is 0 Å². The number of ether oxygens (including phenoxy) is 2. The third-order valence-corrected chi connectivity index (χ3v) is 2.87. The summed E-state index contributed by atoms with van der Waals surface area (Å²) in [6, 6.07) is 5.12. The number of nitrogens with one attached hydrogen (secondary N) is 1. The number of benzene rings is 1. The van der Waals surface area contributed by atoms with E-state index >= 15 is 0 Å². The molecule has 21 heavy (non-hydrogen) atoms. The lowest BCUT2D eigenvalue weighted by Crippen LogP contribution is -2.31. The average molecular weight is 297 g/mol. The van der Waals surface area contributed by atoms with Crippen LogP contribution in [0.5, 0.6) is 11.5 Å². The molecule has 1 aromatic rings. The Kier molecular flexibility index (Phi) is 6.48. The van der Waals surface area contributed by atoms with Crippen LogP contribution in [0.4, 0.5) is 0 Å². The number of carboxylic acids is 1. The molecule has 1 atom stereocenters. The number of methoxy groups -OCH3 is 2. The molecule has 0 aliphatic heterocycles. The minimum absolute atomic E-state index is 0.0409. The van der Waals surface area contributed by atoms with Gasteiger partial charge in [-0.25, -0.2) is 4.79 Å². The van der Waals surface area contributed by atoms with Gasteiger partial charge in [-0.15, -0.1) is 0 Å². The molecule has 1 unspecified atom stereocenters. The van der Waals surface area contributed by atoms with Crippen molar-refractivity contribution in [2.45, 2.75) is 18.9 Å². The molecular weight excluding hydrogens is 278 g/mol. The molecule has 7 nitrogen and oxygen atoms in total. The smallest absolute Gasteiger partial charge is 0.332 e. The van der Waals surface area contributed by atoms with Crippen LogP contribution >= 0.6 is 0 Å². The normalized spacial score (nSPS) is 11.6. The summed E-state index contributed by atoms with van der Waals surface area (Å²) in [6.45, 7) is 0.0881. The lowest BCUT2D eigenvalue weighted by Gasteiger charge is -2.11. The van der Waals surface area contributed by atoms with Gasteiger partial charge in [0.25, 0.3) is 0 Å². The zero-order valence-electron chi connectivity index (χ0n) is 12.0. The first-order valence-electron chi connectivity index (χ1n) is 6.36. The second kappa shape index (κ2) is 8.11. The number of carboxylic acid groups (broad SMARTS) is 1. The molecule has 0 heterocycles. The summed E-state index contributed by atoms with van der Waals surface area (Å²) in [6.07, 6.45) is -1.42. The van der Waals surface area contributed by atoms with Crippen LogP contribution in [0, 0.1) is 0 Å². The summed E-state index contributed by atoms with van der Waals surface area (Å²) in [5, 5.41) is 20.1. The maximum Gasteiger partial charge on any atom is 0.332 e. The Morgan fingerprint density at radius 2 is 2.00 bits per heavy atom. The van der Waals surface area contributed by atoms with Crippen LogP contribution in [0.3, 0.4) is 0 Å². The Morgan fingerprint density at radius 3 is 2.57 bits per heavy atom. The van der Waals surface area contributed by atoms with Crippen molar-refractivity contribution in [3.63, 3.8) is 0 Å². The van der Waals surface area contributed by atoms with Gasteiger partial charge in [-0.3, -0.25) is 4.79 Å². The molecule has 0 bridgehead atoms. The number of rotatable bonds is 8. The fourth-order valence-corrected chi connectivity index (χ4v) is 1.71. The van der Waals surface area contributed by atoms with E-state index in [1.54, 1.807) is 18.2 Å². The van der Waals surface area contributed by atoms with Gasteiger partial charge in [0.05, 0.1) is 20.6 Å². The second-order valence-electron chi connectivity index (χ2n) is 4.35. The van der Waals surface area contributed by atoms with Crippen LogP contribution in [-0.2, 0) is 16.0 Å². The molecule has 1 rings (SSSR count). The van der Waals surface area contributed by atoms with Gasteiger partial charge in [-0.05, 0) is 6.07 Å². The highest BCUT2D eigenvalue weighted by Crippen LogP contribution is 2.24. The highest BCUT2D eigenvalue weighted by molar-refractivity contribution is 5.79. The SMILES string of the molecule is COc1ccc(CC(=O)NCCC(O)C(=O)O)c(OC)c1. The lowest BCUT2D eigenvalue weighted by molar-refractivity contribution is -0.147. The molecule has 0 aliphatic rings. The molecule has 116 valence electrons. The van der Waals surface area contributed by atoms with Gasteiger partial charge in [-0.1, -0.05) is 6.07 Å². The molecule has 0 aromatic heterocycles. The molecule has 0 fully saturated rings. The molecule has 0 aliphatic carbocycles. The van der Waals surface area contributed by atoms with Gasteiger partial charge < -0.3 is 25.0 Å². The standard InChI is InChI=1S/C14H19NO6/c1-20-10-4-3-9(12(8-10)21-2)7-13(17)15-6-5-11(16)14(18)19/h3-4,8,11,16H,5-7H2,1-2H3,(H,15,17)(H,18,19). The average Bonchev–Trinajstić information content (AvgIpc) is 2.47. The topological polar surface area (TPSA) is 105 Å². The van der Waals surface area contributed by atoms with Crippen molar-refractivity contribution in [3.8, 4) is 11.5 Å². The van der Waals surface area contributed by atoms with E-state index in [0.717, 1.165) is 0 Å². The van der Waals surface area contributed by atoms with Crippen LogP contribution in [0.25, 0.3) is 0 Å². The van der Waals surface area contributed by atoms with E-state index in [1.165, 1.54) is 14.2 Å². The van der Waals surface area contributed by atoms with Crippen molar-refractivity contribution in [3.05, 3.63) is 23.8 Å². The van der Waals surface area contributed by atoms with Crippen LogP contribution in [0.15, 0.2) is 18.2 Å². The van der Waals surface area contributed by atoms with E-state index in [-0.39, 0.29) is 25.3 Å². The summed E-state index contributed by atoms with van der Waals surface area (Å²) < 4.78 is 10.3. The number of hydrogen-bond donors (Lipinski definition) is 3. The number of hydrogen-bond acceptors (Lipinski definition) is 5. The maximum atomic E-state index is 11.8. The van der Waals surface area contributed by atoms with Crippen molar-refractivity contribution in [1.82, 2.24) is 5.32 Å². The summed E-state index contributed by atoms with van der Waals surface area (Å²) in [5.74, 6) is -0.423. The Balaban J connectivity index is 2.53. The molecule has 0 saturated heterocycles. The summed E-state index contributed by atoms with van der Waals surface area (Å²) in [5.41, 5.74) is 0.689. The van der Waals surface area contributed by atoms with Crippen LogP contribution in [0.2, 0.25) is 0 Å². The highest BCUT2D eigenvalue weighted by atomic mass is 16.5. The second-order valence-corrected chi connectivity index (χ2v) is 4.35. The third-order valence-electron chi connectivity index (χ3n) is 2.87. The fraction of sp³-hybridized carbons (Fsp3) is 0.429. The van der Waals surface area contributed by atoms with Gasteiger partial charge in [0.15, 0.2) is 6.10 Å². The summed E-state index contributed by atoms with van der Waals surface area (Å²) in [4.78, 5) is 22.2. The Hall–Kier alpha value is -2.28. The van der Waals surface area contributed by atoms with Crippen molar-refractivity contribution in [1.29, 1.82) is 0 Å². The number of aliphatic hydroxyl groups is 1. The first-order valence-corrected chi connectivity index (χ1v) is 6.36. The van der Waals surface area contributed by atoms with E-state index in [1.807, 2.05) is 0 Å². The Bertz CT molecular complexity index is 502. The number of amides is 1. The van der Waals surface area contributed by atoms with Crippen molar-refractivity contribution in [2.24, 2.45) is 0 Å². The largest absolute Gasteiger partial charge is 0.497 e. The quantitative estimate of drug-likeness (QED) is 0.633. The predicted octanol–water partition coefficient (Wildman–Crippen LogP) is 0.198. The Labute approximate surface area is 122 Å². The molecule has 7 heteroatoms. The summed E-state index contributed by atoms with van der Waals surface area (Å²) >= 11 is 0. The van der Waals surface area contributed by atoms with Crippen molar-refractivity contribution in [2.75, 3.05) is 20.8 Å². The number of carbonyl (C=O) groups is 2. The first-order chi connectivity index (χ1) is 9.97. The van der Waals surface area contributed by atoms with E-state index < -0.39 is 12.1 Å². The van der Waals surface area contributed by atoms with Gasteiger partial charge >= 0.3 is 5.97 Å². The number of carbonyl (C=O) groups excluding carboxylic acids is 1. The summed E-state index contributed by atoms with van der Waals surface area (Å²) in [7, 11) is 3.04. The van der Waals surface area contributed by atoms with E-state index in [9.17, 15) is 9.59 Å². The zero-order chi connectivity index (χ0) is 15.8. The van der Waals surface area contributed by atoms with Crippen molar-refractivity contribution < 1.29 is 29.3 Å². The molecule has 3 N–H and O–H groups in total. The first kappa shape index (κ1) is 16.8. The minimum atomic E-state index is -1.47. The van der Waals surface area contributed by atoms with Crippen LogP contribution in [-0.4, -0.2) is 49.0 Å².